The van der Waals surface area contributed by atoms with Gasteiger partial charge in [-0.25, -0.2) is 0 Å². The van der Waals surface area contributed by atoms with Gasteiger partial charge in [-0.1, -0.05) is 30.3 Å². The molecular formula is C22H21NO3. The minimum absolute atomic E-state index is 0.00477. The van der Waals surface area contributed by atoms with Gasteiger partial charge in [0.15, 0.2) is 0 Å². The summed E-state index contributed by atoms with van der Waals surface area (Å²) < 4.78 is 5.79. The topological polar surface area (TPSA) is 46.6 Å². The molecule has 4 atom stereocenters. The molecule has 5 rings (SSSR count). The summed E-state index contributed by atoms with van der Waals surface area (Å²) in [7, 11) is 0. The lowest BCUT2D eigenvalue weighted by atomic mass is 9.81. The Morgan fingerprint density at radius 3 is 2.08 bits per heavy atom. The second kappa shape index (κ2) is 5.97. The number of carbonyl (C=O) groups excluding carboxylic acids is 2. The van der Waals surface area contributed by atoms with Crippen LogP contribution in [-0.2, 0) is 16.2 Å². The molecule has 2 aliphatic carbocycles. The van der Waals surface area contributed by atoms with Gasteiger partial charge in [-0.15, -0.1) is 0 Å². The number of anilines is 1. The van der Waals surface area contributed by atoms with Gasteiger partial charge in [0.25, 0.3) is 0 Å². The quantitative estimate of drug-likeness (QED) is 0.790. The van der Waals surface area contributed by atoms with Gasteiger partial charge in [0.1, 0.15) is 12.4 Å². The molecule has 4 heteroatoms. The van der Waals surface area contributed by atoms with Crippen LogP contribution in [0.25, 0.3) is 0 Å². The van der Waals surface area contributed by atoms with Gasteiger partial charge in [-0.2, -0.15) is 0 Å². The van der Waals surface area contributed by atoms with Gasteiger partial charge in [0, 0.05) is 0 Å². The second-order valence-corrected chi connectivity index (χ2v) is 7.66. The Morgan fingerprint density at radius 1 is 0.846 bits per heavy atom. The second-order valence-electron chi connectivity index (χ2n) is 7.66. The Balaban J connectivity index is 1.32. The van der Waals surface area contributed by atoms with Crippen molar-refractivity contribution in [2.45, 2.75) is 25.9 Å². The average molecular weight is 347 g/mol. The minimum atomic E-state index is -0.0738. The SMILES string of the molecule is O=C1[C@@H]2[C@@H]3CC[C@@H](C3)[C@@H]2C(=O)N1c1ccc(OCc2ccccc2)cc1. The third-order valence-electron chi connectivity index (χ3n) is 6.27. The maximum Gasteiger partial charge on any atom is 0.237 e. The molecule has 3 fully saturated rings. The van der Waals surface area contributed by atoms with E-state index in [0.29, 0.717) is 24.1 Å². The van der Waals surface area contributed by atoms with E-state index in [1.54, 1.807) is 0 Å². The van der Waals surface area contributed by atoms with Crippen LogP contribution in [0.15, 0.2) is 54.6 Å². The Hall–Kier alpha value is -2.62. The standard InChI is InChI=1S/C22H21NO3/c24-21-19-15-6-7-16(12-15)20(19)22(25)23(21)17-8-10-18(11-9-17)26-13-14-4-2-1-3-5-14/h1-5,8-11,15-16,19-20H,6-7,12-13H2/t15-,16+,19-,20+. The highest BCUT2D eigenvalue weighted by molar-refractivity contribution is 6.22. The maximum atomic E-state index is 12.9. The highest BCUT2D eigenvalue weighted by atomic mass is 16.5. The molecule has 0 aromatic heterocycles. The fraction of sp³-hybridized carbons (Fsp3) is 0.364. The summed E-state index contributed by atoms with van der Waals surface area (Å²) in [6.07, 6.45) is 3.27. The van der Waals surface area contributed by atoms with Crippen molar-refractivity contribution < 1.29 is 14.3 Å². The first kappa shape index (κ1) is 15.6. The van der Waals surface area contributed by atoms with Crippen molar-refractivity contribution in [3.63, 3.8) is 0 Å². The number of imide groups is 1. The third-order valence-corrected chi connectivity index (χ3v) is 6.27. The van der Waals surface area contributed by atoms with Gasteiger partial charge < -0.3 is 4.74 Å². The highest BCUT2D eigenvalue weighted by Crippen LogP contribution is 2.56. The molecule has 1 aliphatic heterocycles. The van der Waals surface area contributed by atoms with E-state index in [0.717, 1.165) is 30.6 Å². The Labute approximate surface area is 152 Å². The normalized spacial score (nSPS) is 29.3. The fourth-order valence-electron chi connectivity index (χ4n) is 5.10. The summed E-state index contributed by atoms with van der Waals surface area (Å²) in [5.41, 5.74) is 1.77. The van der Waals surface area contributed by atoms with Gasteiger partial charge in [-0.05, 0) is 60.9 Å². The van der Waals surface area contributed by atoms with Crippen molar-refractivity contribution >= 4 is 17.5 Å². The highest BCUT2D eigenvalue weighted by Gasteiger charge is 2.61. The van der Waals surface area contributed by atoms with Crippen LogP contribution < -0.4 is 9.64 Å². The van der Waals surface area contributed by atoms with Crippen LogP contribution in [0.3, 0.4) is 0 Å². The molecular weight excluding hydrogens is 326 g/mol. The van der Waals surface area contributed by atoms with E-state index >= 15 is 0 Å². The van der Waals surface area contributed by atoms with Crippen molar-refractivity contribution in [3.8, 4) is 5.75 Å². The zero-order chi connectivity index (χ0) is 17.7. The summed E-state index contributed by atoms with van der Waals surface area (Å²) in [4.78, 5) is 27.1. The molecule has 3 aliphatic rings. The number of ether oxygens (including phenoxy) is 1. The molecule has 2 bridgehead atoms. The molecule has 2 aromatic carbocycles. The third kappa shape index (κ3) is 2.36. The first-order valence-electron chi connectivity index (χ1n) is 9.37. The molecule has 2 aromatic rings. The molecule has 2 saturated carbocycles. The minimum Gasteiger partial charge on any atom is -0.489 e. The van der Waals surface area contributed by atoms with Crippen molar-refractivity contribution in [3.05, 3.63) is 60.2 Å². The van der Waals surface area contributed by atoms with Crippen LogP contribution in [0.4, 0.5) is 5.69 Å². The number of nitrogens with zero attached hydrogens (tertiary/aromatic N) is 1. The predicted molar refractivity (Wildman–Crippen MR) is 97.5 cm³/mol. The monoisotopic (exact) mass is 347 g/mol. The lowest BCUT2D eigenvalue weighted by Crippen LogP contribution is -2.32. The number of hydrogen-bond acceptors (Lipinski definition) is 3. The average Bonchev–Trinajstić information content (AvgIpc) is 3.35. The van der Waals surface area contributed by atoms with Crippen LogP contribution in [0.1, 0.15) is 24.8 Å². The first-order chi connectivity index (χ1) is 12.7. The van der Waals surface area contributed by atoms with E-state index in [1.807, 2.05) is 54.6 Å². The number of hydrogen-bond donors (Lipinski definition) is 0. The van der Waals surface area contributed by atoms with E-state index in [1.165, 1.54) is 4.90 Å². The lowest BCUT2D eigenvalue weighted by Gasteiger charge is -2.19. The summed E-state index contributed by atoms with van der Waals surface area (Å²) in [5.74, 6) is 1.43. The number of amides is 2. The van der Waals surface area contributed by atoms with Gasteiger partial charge in [0.05, 0.1) is 17.5 Å². The van der Waals surface area contributed by atoms with Crippen LogP contribution in [0.2, 0.25) is 0 Å². The summed E-state index contributed by atoms with van der Waals surface area (Å²) in [6, 6.07) is 17.3. The van der Waals surface area contributed by atoms with Crippen molar-refractivity contribution in [2.75, 3.05) is 4.90 Å². The van der Waals surface area contributed by atoms with E-state index < -0.39 is 0 Å². The van der Waals surface area contributed by atoms with Gasteiger partial charge in [-0.3, -0.25) is 14.5 Å². The van der Waals surface area contributed by atoms with E-state index in [9.17, 15) is 9.59 Å². The summed E-state index contributed by atoms with van der Waals surface area (Å²) in [6.45, 7) is 0.495. The van der Waals surface area contributed by atoms with E-state index in [-0.39, 0.29) is 23.7 Å². The van der Waals surface area contributed by atoms with Gasteiger partial charge in [0.2, 0.25) is 11.8 Å². The maximum absolute atomic E-state index is 12.9. The molecule has 1 heterocycles. The zero-order valence-electron chi connectivity index (χ0n) is 14.5. The van der Waals surface area contributed by atoms with Crippen LogP contribution in [0.5, 0.6) is 5.75 Å². The molecule has 0 radical (unpaired) electrons. The van der Waals surface area contributed by atoms with Gasteiger partial charge >= 0.3 is 0 Å². The number of benzene rings is 2. The van der Waals surface area contributed by atoms with Crippen LogP contribution in [-0.4, -0.2) is 11.8 Å². The summed E-state index contributed by atoms with van der Waals surface area (Å²) >= 11 is 0. The molecule has 0 N–H and O–H groups in total. The van der Waals surface area contributed by atoms with E-state index in [2.05, 4.69) is 0 Å². The molecule has 0 spiro atoms. The molecule has 1 saturated heterocycles. The lowest BCUT2D eigenvalue weighted by molar-refractivity contribution is -0.123. The number of rotatable bonds is 4. The van der Waals surface area contributed by atoms with Crippen molar-refractivity contribution in [1.29, 1.82) is 0 Å². The molecule has 0 unspecified atom stereocenters. The Kier molecular flexibility index (Phi) is 3.59. The molecule has 4 nitrogen and oxygen atoms in total. The summed E-state index contributed by atoms with van der Waals surface area (Å²) in [5, 5.41) is 0. The van der Waals surface area contributed by atoms with Crippen LogP contribution >= 0.6 is 0 Å². The Bertz CT molecular complexity index is 817. The smallest absolute Gasteiger partial charge is 0.237 e. The largest absolute Gasteiger partial charge is 0.489 e. The fourth-order valence-corrected chi connectivity index (χ4v) is 5.10. The molecule has 2 amide bonds. The first-order valence-corrected chi connectivity index (χ1v) is 9.37. The number of carbonyl (C=O) groups is 2. The molecule has 132 valence electrons. The van der Waals surface area contributed by atoms with Crippen LogP contribution in [0, 0.1) is 23.7 Å². The predicted octanol–water partition coefficient (Wildman–Crippen LogP) is 3.80. The zero-order valence-corrected chi connectivity index (χ0v) is 14.5. The van der Waals surface area contributed by atoms with E-state index in [4.69, 9.17) is 4.74 Å². The molecule has 26 heavy (non-hydrogen) atoms. The Morgan fingerprint density at radius 2 is 1.46 bits per heavy atom. The van der Waals surface area contributed by atoms with Crippen molar-refractivity contribution in [1.82, 2.24) is 0 Å². The van der Waals surface area contributed by atoms with Crippen molar-refractivity contribution in [2.24, 2.45) is 23.7 Å². The number of fused-ring (bicyclic) bond motifs is 5.